The topological polar surface area (TPSA) is 49.4 Å². The average molecular weight is 201 g/mol. The second kappa shape index (κ2) is 3.71. The zero-order chi connectivity index (χ0) is 7.78. The van der Waals surface area contributed by atoms with Crippen molar-refractivity contribution in [2.75, 3.05) is 26.4 Å². The van der Waals surface area contributed by atoms with Crippen molar-refractivity contribution in [3.63, 3.8) is 0 Å². The van der Waals surface area contributed by atoms with E-state index in [-0.39, 0.29) is 12.4 Å². The van der Waals surface area contributed by atoms with Crippen molar-refractivity contribution in [1.29, 1.82) is 0 Å². The summed E-state index contributed by atoms with van der Waals surface area (Å²) < 4.78 is 23.0. The number of rotatable bonds is 2. The summed E-state index contributed by atoms with van der Waals surface area (Å²) in [5.74, 6) is 0. The van der Waals surface area contributed by atoms with Gasteiger partial charge in [0.1, 0.15) is 0 Å². The fourth-order valence-electron chi connectivity index (χ4n) is 0.892. The molecule has 0 aromatic heterocycles. The van der Waals surface area contributed by atoms with Crippen molar-refractivity contribution >= 4 is 22.4 Å². The molecule has 68 valence electrons. The van der Waals surface area contributed by atoms with Crippen molar-refractivity contribution in [1.82, 2.24) is 9.62 Å². The van der Waals surface area contributed by atoms with Crippen LogP contribution in [0.2, 0.25) is 0 Å². The van der Waals surface area contributed by atoms with Crippen LogP contribution in [0, 0.1) is 0 Å². The van der Waals surface area contributed by atoms with Crippen molar-refractivity contribution in [2.45, 2.75) is 6.04 Å². The lowest BCUT2D eigenvalue weighted by atomic mass is 10.2. The first-order valence-corrected chi connectivity index (χ1v) is 5.01. The van der Waals surface area contributed by atoms with Crippen molar-refractivity contribution < 1.29 is 8.42 Å². The van der Waals surface area contributed by atoms with E-state index in [0.29, 0.717) is 19.1 Å². The molecule has 1 fully saturated rings. The Hall–Kier alpha value is 0.160. The summed E-state index contributed by atoms with van der Waals surface area (Å²) in [5.41, 5.74) is 0. The predicted octanol–water partition coefficient (Wildman–Crippen LogP) is -0.729. The fourth-order valence-corrected chi connectivity index (χ4v) is 1.79. The monoisotopic (exact) mass is 200 g/mol. The van der Waals surface area contributed by atoms with Crippen molar-refractivity contribution in [3.05, 3.63) is 0 Å². The van der Waals surface area contributed by atoms with Crippen LogP contribution in [-0.2, 0) is 10.0 Å². The van der Waals surface area contributed by atoms with Crippen LogP contribution >= 0.6 is 12.4 Å². The molecule has 0 aliphatic carbocycles. The van der Waals surface area contributed by atoms with Gasteiger partial charge in [-0.1, -0.05) is 0 Å². The van der Waals surface area contributed by atoms with Gasteiger partial charge < -0.3 is 5.32 Å². The second-order valence-corrected chi connectivity index (χ2v) is 4.55. The van der Waals surface area contributed by atoms with E-state index in [2.05, 4.69) is 5.32 Å². The molecule has 0 aromatic carbocycles. The number of nitrogens with zero attached hydrogens (tertiary/aromatic N) is 1. The summed E-state index contributed by atoms with van der Waals surface area (Å²) in [7, 11) is -1.08. The van der Waals surface area contributed by atoms with Crippen LogP contribution in [0.4, 0.5) is 0 Å². The first-order chi connectivity index (χ1) is 4.54. The summed E-state index contributed by atoms with van der Waals surface area (Å²) >= 11 is 0. The summed E-state index contributed by atoms with van der Waals surface area (Å²) in [6, 6.07) is 0.356. The third-order valence-corrected chi connectivity index (χ3v) is 2.96. The summed E-state index contributed by atoms with van der Waals surface area (Å²) in [6.45, 7) is 1.24. The Bertz CT molecular complexity index is 211. The Morgan fingerprint density at radius 3 is 2.18 bits per heavy atom. The van der Waals surface area contributed by atoms with Gasteiger partial charge in [-0.3, -0.25) is 0 Å². The molecule has 6 heteroatoms. The van der Waals surface area contributed by atoms with Crippen LogP contribution in [0.3, 0.4) is 0 Å². The molecule has 11 heavy (non-hydrogen) atoms. The van der Waals surface area contributed by atoms with Gasteiger partial charge in [-0.05, 0) is 7.05 Å². The van der Waals surface area contributed by atoms with Gasteiger partial charge in [-0.15, -0.1) is 12.4 Å². The van der Waals surface area contributed by atoms with E-state index >= 15 is 0 Å². The van der Waals surface area contributed by atoms with Gasteiger partial charge in [0.15, 0.2) is 0 Å². The molecule has 0 amide bonds. The summed E-state index contributed by atoms with van der Waals surface area (Å²) in [4.78, 5) is 0. The molecule has 0 saturated carbocycles. The highest BCUT2D eigenvalue weighted by Gasteiger charge is 2.31. The molecule has 0 unspecified atom stereocenters. The molecule has 0 spiro atoms. The Balaban J connectivity index is 0.000001000. The van der Waals surface area contributed by atoms with Crippen LogP contribution in [-0.4, -0.2) is 45.2 Å². The van der Waals surface area contributed by atoms with Gasteiger partial charge in [0, 0.05) is 19.1 Å². The molecular weight excluding hydrogens is 188 g/mol. The van der Waals surface area contributed by atoms with E-state index in [4.69, 9.17) is 0 Å². The van der Waals surface area contributed by atoms with Crippen LogP contribution in [0.15, 0.2) is 0 Å². The number of likely N-dealkylation sites (N-methyl/N-ethyl adjacent to an activating group) is 1. The first kappa shape index (κ1) is 11.2. The second-order valence-electron chi connectivity index (χ2n) is 2.57. The maximum atomic E-state index is 10.8. The van der Waals surface area contributed by atoms with Crippen LogP contribution in [0.5, 0.6) is 0 Å². The lowest BCUT2D eigenvalue weighted by molar-refractivity contribution is 0.238. The largest absolute Gasteiger partial charge is 0.314 e. The van der Waals surface area contributed by atoms with E-state index in [9.17, 15) is 8.42 Å². The molecular formula is C5H13ClN2O2S. The third-order valence-electron chi connectivity index (χ3n) is 1.73. The Kier molecular flexibility index (Phi) is 3.76. The molecule has 1 rings (SSSR count). The molecule has 0 atom stereocenters. The average Bonchev–Trinajstić information content (AvgIpc) is 1.57. The molecule has 1 heterocycles. The molecule has 1 saturated heterocycles. The van der Waals surface area contributed by atoms with Gasteiger partial charge in [-0.25, -0.2) is 8.42 Å². The summed E-state index contributed by atoms with van der Waals surface area (Å²) in [5, 5.41) is 3.00. The standard InChI is InChI=1S/C5H12N2O2S.ClH/c1-6-5-3-7(4-5)10(2,8)9;/h5-6H,3-4H2,1-2H3;1H. The molecule has 0 aromatic rings. The van der Waals surface area contributed by atoms with E-state index in [0.717, 1.165) is 0 Å². The fraction of sp³-hybridized carbons (Fsp3) is 1.00. The Morgan fingerprint density at radius 2 is 1.91 bits per heavy atom. The Labute approximate surface area is 73.4 Å². The van der Waals surface area contributed by atoms with Crippen LogP contribution in [0.1, 0.15) is 0 Å². The highest BCUT2D eigenvalue weighted by atomic mass is 35.5. The maximum absolute atomic E-state index is 10.8. The van der Waals surface area contributed by atoms with E-state index in [1.165, 1.54) is 10.6 Å². The van der Waals surface area contributed by atoms with Crippen LogP contribution in [0.25, 0.3) is 0 Å². The molecule has 1 aliphatic heterocycles. The highest BCUT2D eigenvalue weighted by molar-refractivity contribution is 7.88. The minimum Gasteiger partial charge on any atom is -0.314 e. The van der Waals surface area contributed by atoms with Gasteiger partial charge in [0.05, 0.1) is 6.26 Å². The van der Waals surface area contributed by atoms with Gasteiger partial charge in [0.25, 0.3) is 0 Å². The molecule has 4 nitrogen and oxygen atoms in total. The SMILES string of the molecule is CNC1CN(S(C)(=O)=O)C1.Cl. The lowest BCUT2D eigenvalue weighted by Crippen LogP contribution is -2.58. The summed E-state index contributed by atoms with van der Waals surface area (Å²) in [6.07, 6.45) is 1.23. The van der Waals surface area contributed by atoms with E-state index < -0.39 is 10.0 Å². The quantitative estimate of drug-likeness (QED) is 0.640. The van der Waals surface area contributed by atoms with Gasteiger partial charge in [-0.2, -0.15) is 4.31 Å². The molecule has 0 bridgehead atoms. The minimum atomic E-state index is -2.92. The normalized spacial score (nSPS) is 20.5. The zero-order valence-electron chi connectivity index (χ0n) is 6.57. The zero-order valence-corrected chi connectivity index (χ0v) is 8.20. The van der Waals surface area contributed by atoms with E-state index in [1.54, 1.807) is 0 Å². The molecule has 0 radical (unpaired) electrons. The molecule has 1 aliphatic rings. The third kappa shape index (κ3) is 2.59. The number of hydrogen-bond acceptors (Lipinski definition) is 3. The minimum absolute atomic E-state index is 0. The number of halogens is 1. The lowest BCUT2D eigenvalue weighted by Gasteiger charge is -2.36. The smallest absolute Gasteiger partial charge is 0.211 e. The Morgan fingerprint density at radius 1 is 1.45 bits per heavy atom. The number of hydrogen-bond donors (Lipinski definition) is 1. The van der Waals surface area contributed by atoms with Gasteiger partial charge in [0.2, 0.25) is 10.0 Å². The van der Waals surface area contributed by atoms with Gasteiger partial charge >= 0.3 is 0 Å². The number of nitrogens with one attached hydrogen (secondary N) is 1. The number of sulfonamides is 1. The van der Waals surface area contributed by atoms with Crippen LogP contribution < -0.4 is 5.32 Å². The highest BCUT2D eigenvalue weighted by Crippen LogP contribution is 2.10. The maximum Gasteiger partial charge on any atom is 0.211 e. The van der Waals surface area contributed by atoms with E-state index in [1.807, 2.05) is 7.05 Å². The predicted molar refractivity (Wildman–Crippen MR) is 46.5 cm³/mol. The van der Waals surface area contributed by atoms with Crippen molar-refractivity contribution in [2.24, 2.45) is 0 Å². The molecule has 1 N–H and O–H groups in total. The van der Waals surface area contributed by atoms with Crippen molar-refractivity contribution in [3.8, 4) is 0 Å². The first-order valence-electron chi connectivity index (χ1n) is 3.16.